The van der Waals surface area contributed by atoms with Crippen LogP contribution in [0, 0.1) is 0 Å². The molecular formula is C9H12F2N2O2. The van der Waals surface area contributed by atoms with Crippen LogP contribution >= 0.6 is 0 Å². The molecule has 0 aromatic rings. The van der Waals surface area contributed by atoms with Gasteiger partial charge in [0.25, 0.3) is 0 Å². The van der Waals surface area contributed by atoms with Gasteiger partial charge in [-0.05, 0) is 19.9 Å². The van der Waals surface area contributed by atoms with E-state index in [9.17, 15) is 13.6 Å². The molecule has 0 saturated heterocycles. The summed E-state index contributed by atoms with van der Waals surface area (Å²) in [4.78, 5) is 15.3. The van der Waals surface area contributed by atoms with Crippen LogP contribution in [-0.2, 0) is 9.53 Å². The summed E-state index contributed by atoms with van der Waals surface area (Å²) in [5.74, 6) is -1.55. The molecule has 0 atom stereocenters. The number of carbonyl (C=O) groups excluding carboxylic acids is 1. The largest absolute Gasteiger partial charge is 0.460 e. The van der Waals surface area contributed by atoms with Crippen LogP contribution in [0.1, 0.15) is 13.8 Å². The second-order valence-electron chi connectivity index (χ2n) is 2.99. The molecule has 1 aliphatic heterocycles. The Bertz CT molecular complexity index is 313. The predicted molar refractivity (Wildman–Crippen MR) is 50.5 cm³/mol. The lowest BCUT2D eigenvalue weighted by atomic mass is 10.3. The molecule has 0 fully saturated rings. The van der Waals surface area contributed by atoms with E-state index in [0.29, 0.717) is 10.6 Å². The molecule has 4 nitrogen and oxygen atoms in total. The summed E-state index contributed by atoms with van der Waals surface area (Å²) in [5.41, 5.74) is 0.644. The molecule has 0 saturated carbocycles. The summed E-state index contributed by atoms with van der Waals surface area (Å²) < 4.78 is 31.0. The van der Waals surface area contributed by atoms with Gasteiger partial charge in [-0.15, -0.1) is 0 Å². The van der Waals surface area contributed by atoms with Gasteiger partial charge in [-0.25, -0.2) is 4.79 Å². The van der Waals surface area contributed by atoms with Gasteiger partial charge < -0.3 is 4.74 Å². The second-order valence-corrected chi connectivity index (χ2v) is 2.99. The highest BCUT2D eigenvalue weighted by Crippen LogP contribution is 2.23. The number of nitrogens with zero attached hydrogens (tertiary/aromatic N) is 2. The van der Waals surface area contributed by atoms with Crippen molar-refractivity contribution < 1.29 is 18.3 Å². The number of hydrogen-bond acceptors (Lipinski definition) is 4. The van der Waals surface area contributed by atoms with E-state index in [4.69, 9.17) is 0 Å². The van der Waals surface area contributed by atoms with Crippen LogP contribution in [0.4, 0.5) is 8.78 Å². The fourth-order valence-electron chi connectivity index (χ4n) is 1.00. The van der Waals surface area contributed by atoms with Crippen molar-refractivity contribution in [3.63, 3.8) is 0 Å². The maximum atomic E-state index is 13.3. The number of carbonyl (C=O) groups is 1. The number of ether oxygens (including phenoxy) is 1. The molecule has 1 aliphatic rings. The summed E-state index contributed by atoms with van der Waals surface area (Å²) in [5, 5.41) is 0. The van der Waals surface area contributed by atoms with E-state index >= 15 is 0 Å². The highest BCUT2D eigenvalue weighted by molar-refractivity contribution is 5.93. The van der Waals surface area contributed by atoms with E-state index in [1.807, 2.05) is 0 Å². The lowest BCUT2D eigenvalue weighted by molar-refractivity contribution is -0.195. The molecule has 0 unspecified atom stereocenters. The molecule has 0 radical (unpaired) electrons. The molecule has 0 aromatic heterocycles. The Kier molecular flexibility index (Phi) is 3.39. The highest BCUT2D eigenvalue weighted by Gasteiger charge is 2.46. The van der Waals surface area contributed by atoms with Gasteiger partial charge in [0.15, 0.2) is 0 Å². The van der Waals surface area contributed by atoms with Crippen molar-refractivity contribution in [1.82, 2.24) is 4.90 Å². The normalized spacial score (nSPS) is 16.3. The number of hydrogen-bond donors (Lipinski definition) is 0. The molecule has 15 heavy (non-hydrogen) atoms. The summed E-state index contributed by atoms with van der Waals surface area (Å²) in [6, 6.07) is -3.66. The first kappa shape index (κ1) is 11.6. The topological polar surface area (TPSA) is 41.9 Å². The van der Waals surface area contributed by atoms with Crippen LogP contribution in [-0.4, -0.2) is 35.9 Å². The Labute approximate surface area is 86.2 Å². The zero-order valence-electron chi connectivity index (χ0n) is 8.54. The van der Waals surface area contributed by atoms with Gasteiger partial charge in [-0.3, -0.25) is 9.89 Å². The monoisotopic (exact) mass is 218 g/mol. The number of allylic oxidation sites excluding steroid dienone is 1. The zero-order valence-corrected chi connectivity index (χ0v) is 8.54. The van der Waals surface area contributed by atoms with Crippen molar-refractivity contribution in [2.75, 3.05) is 13.3 Å². The third kappa shape index (κ3) is 2.51. The van der Waals surface area contributed by atoms with E-state index in [0.717, 1.165) is 6.20 Å². The molecule has 1 rings (SSSR count). The molecule has 6 heteroatoms. The first-order chi connectivity index (χ1) is 6.98. The standard InChI is InChI=1S/C9H12F2N2O2/c1-3-15-8(14)9(10,11)13-5-4-7(2)12-6-13/h4-5H,3,6H2,1-2H3. The van der Waals surface area contributed by atoms with Gasteiger partial charge >= 0.3 is 12.0 Å². The van der Waals surface area contributed by atoms with E-state index in [1.165, 1.54) is 13.0 Å². The fourth-order valence-corrected chi connectivity index (χ4v) is 1.00. The molecule has 1 heterocycles. The molecule has 84 valence electrons. The Morgan fingerprint density at radius 1 is 1.73 bits per heavy atom. The van der Waals surface area contributed by atoms with Crippen molar-refractivity contribution in [1.29, 1.82) is 0 Å². The van der Waals surface area contributed by atoms with Gasteiger partial charge in [-0.2, -0.15) is 8.78 Å². The average Bonchev–Trinajstić information content (AvgIpc) is 2.18. The van der Waals surface area contributed by atoms with E-state index < -0.39 is 12.0 Å². The summed E-state index contributed by atoms with van der Waals surface area (Å²) in [6.07, 6.45) is 2.55. The molecule has 0 aromatic carbocycles. The van der Waals surface area contributed by atoms with Crippen molar-refractivity contribution in [2.45, 2.75) is 19.9 Å². The molecular weight excluding hydrogens is 206 g/mol. The average molecular weight is 218 g/mol. The van der Waals surface area contributed by atoms with Crippen molar-refractivity contribution in [3.8, 4) is 0 Å². The maximum absolute atomic E-state index is 13.3. The van der Waals surface area contributed by atoms with Crippen LogP contribution in [0.2, 0.25) is 0 Å². The smallest absolute Gasteiger partial charge is 0.424 e. The number of aliphatic imine (C=N–C) groups is 1. The lowest BCUT2D eigenvalue weighted by Gasteiger charge is -2.28. The van der Waals surface area contributed by atoms with Gasteiger partial charge in [0.05, 0.1) is 6.61 Å². The summed E-state index contributed by atoms with van der Waals surface area (Å²) >= 11 is 0. The van der Waals surface area contributed by atoms with Gasteiger partial charge in [0, 0.05) is 11.9 Å². The Morgan fingerprint density at radius 2 is 2.40 bits per heavy atom. The van der Waals surface area contributed by atoms with E-state index in [-0.39, 0.29) is 13.3 Å². The first-order valence-electron chi connectivity index (χ1n) is 4.49. The van der Waals surface area contributed by atoms with Gasteiger partial charge in [0.2, 0.25) is 0 Å². The SMILES string of the molecule is CCOC(=O)C(F)(F)N1C=CC(C)=NC1. The molecule has 0 amide bonds. The minimum atomic E-state index is -3.66. The van der Waals surface area contributed by atoms with E-state index in [2.05, 4.69) is 9.73 Å². The van der Waals surface area contributed by atoms with Crippen molar-refractivity contribution >= 4 is 11.7 Å². The van der Waals surface area contributed by atoms with Crippen LogP contribution in [0.3, 0.4) is 0 Å². The Balaban J connectivity index is 2.71. The van der Waals surface area contributed by atoms with Gasteiger partial charge in [0.1, 0.15) is 6.67 Å². The lowest BCUT2D eigenvalue weighted by Crippen LogP contribution is -2.46. The quantitative estimate of drug-likeness (QED) is 0.531. The minimum absolute atomic E-state index is 0.0751. The summed E-state index contributed by atoms with van der Waals surface area (Å²) in [6.45, 7) is 2.85. The number of halogens is 2. The molecule has 0 spiro atoms. The van der Waals surface area contributed by atoms with E-state index in [1.54, 1.807) is 6.92 Å². The molecule has 0 aliphatic carbocycles. The third-order valence-electron chi connectivity index (χ3n) is 1.85. The Hall–Kier alpha value is -1.46. The van der Waals surface area contributed by atoms with Crippen LogP contribution in [0.25, 0.3) is 0 Å². The minimum Gasteiger partial charge on any atom is -0.460 e. The van der Waals surface area contributed by atoms with Crippen molar-refractivity contribution in [2.24, 2.45) is 4.99 Å². The number of esters is 1. The number of alkyl halides is 2. The van der Waals surface area contributed by atoms with Crippen LogP contribution in [0.15, 0.2) is 17.3 Å². The fraction of sp³-hybridized carbons (Fsp3) is 0.556. The molecule has 0 bridgehead atoms. The van der Waals surface area contributed by atoms with Crippen LogP contribution in [0.5, 0.6) is 0 Å². The molecule has 0 N–H and O–H groups in total. The predicted octanol–water partition coefficient (Wildman–Crippen LogP) is 1.39. The summed E-state index contributed by atoms with van der Waals surface area (Å²) in [7, 11) is 0. The van der Waals surface area contributed by atoms with Gasteiger partial charge in [-0.1, -0.05) is 0 Å². The zero-order chi connectivity index (χ0) is 11.5. The van der Waals surface area contributed by atoms with Crippen LogP contribution < -0.4 is 0 Å². The Morgan fingerprint density at radius 3 is 2.87 bits per heavy atom. The number of rotatable bonds is 3. The highest BCUT2D eigenvalue weighted by atomic mass is 19.3. The van der Waals surface area contributed by atoms with Crippen molar-refractivity contribution in [3.05, 3.63) is 12.3 Å². The first-order valence-corrected chi connectivity index (χ1v) is 4.49. The third-order valence-corrected chi connectivity index (χ3v) is 1.85. The maximum Gasteiger partial charge on any atom is 0.424 e. The second kappa shape index (κ2) is 4.37.